The Balaban J connectivity index is 2.39. The first-order chi connectivity index (χ1) is 6.09. The highest BCUT2D eigenvalue weighted by atomic mass is 16.4. The maximum atomic E-state index is 10.5. The molecule has 1 heterocycles. The highest BCUT2D eigenvalue weighted by molar-refractivity contribution is 5.69. The second-order valence-corrected chi connectivity index (χ2v) is 3.30. The molecule has 1 unspecified atom stereocenters. The van der Waals surface area contributed by atoms with Crippen molar-refractivity contribution in [2.45, 2.75) is 19.8 Å². The van der Waals surface area contributed by atoms with Crippen LogP contribution in [-0.2, 0) is 18.3 Å². The average molecular weight is 182 g/mol. The molecule has 13 heavy (non-hydrogen) atoms. The van der Waals surface area contributed by atoms with Crippen molar-refractivity contribution in [2.75, 3.05) is 0 Å². The van der Waals surface area contributed by atoms with Crippen LogP contribution in [0.2, 0.25) is 0 Å². The van der Waals surface area contributed by atoms with E-state index in [1.807, 2.05) is 13.2 Å². The standard InChI is InChI=1S/C9H14N2O2/c1-7(9(12)13)3-4-8-5-10-11(2)6-8/h5-7H,3-4H2,1-2H3,(H,12,13). The van der Waals surface area contributed by atoms with Crippen LogP contribution in [-0.4, -0.2) is 20.9 Å². The summed E-state index contributed by atoms with van der Waals surface area (Å²) in [5, 5.41) is 12.7. The monoisotopic (exact) mass is 182 g/mol. The lowest BCUT2D eigenvalue weighted by Gasteiger charge is -2.03. The van der Waals surface area contributed by atoms with Gasteiger partial charge in [0.1, 0.15) is 0 Å². The number of hydrogen-bond acceptors (Lipinski definition) is 2. The topological polar surface area (TPSA) is 55.1 Å². The molecule has 0 aromatic carbocycles. The Kier molecular flexibility index (Phi) is 3.06. The van der Waals surface area contributed by atoms with Gasteiger partial charge in [0.15, 0.2) is 0 Å². The van der Waals surface area contributed by atoms with Gasteiger partial charge in [0.25, 0.3) is 0 Å². The van der Waals surface area contributed by atoms with E-state index in [1.165, 1.54) is 0 Å². The molecule has 4 nitrogen and oxygen atoms in total. The molecular weight excluding hydrogens is 168 g/mol. The second kappa shape index (κ2) is 4.07. The summed E-state index contributed by atoms with van der Waals surface area (Å²) in [6, 6.07) is 0. The average Bonchev–Trinajstić information content (AvgIpc) is 2.47. The normalized spacial score (nSPS) is 12.8. The van der Waals surface area contributed by atoms with Gasteiger partial charge in [0.05, 0.1) is 12.1 Å². The lowest BCUT2D eigenvalue weighted by Crippen LogP contribution is -2.09. The van der Waals surface area contributed by atoms with Crippen molar-refractivity contribution in [3.05, 3.63) is 18.0 Å². The Labute approximate surface area is 77.2 Å². The molecule has 0 aliphatic rings. The molecule has 0 saturated heterocycles. The van der Waals surface area contributed by atoms with E-state index in [0.29, 0.717) is 6.42 Å². The zero-order chi connectivity index (χ0) is 9.84. The molecule has 4 heteroatoms. The van der Waals surface area contributed by atoms with Crippen LogP contribution in [0.4, 0.5) is 0 Å². The molecule has 1 aromatic heterocycles. The van der Waals surface area contributed by atoms with Crippen molar-refractivity contribution in [3.63, 3.8) is 0 Å². The van der Waals surface area contributed by atoms with Crippen LogP contribution in [0.3, 0.4) is 0 Å². The molecule has 1 aromatic rings. The molecular formula is C9H14N2O2. The number of aromatic nitrogens is 2. The molecule has 1 N–H and O–H groups in total. The number of aryl methyl sites for hydroxylation is 2. The summed E-state index contributed by atoms with van der Waals surface area (Å²) in [6.07, 6.45) is 5.13. The van der Waals surface area contributed by atoms with Gasteiger partial charge >= 0.3 is 5.97 Å². The fraction of sp³-hybridized carbons (Fsp3) is 0.556. The molecule has 0 amide bonds. The fourth-order valence-electron chi connectivity index (χ4n) is 1.11. The third kappa shape index (κ3) is 2.89. The van der Waals surface area contributed by atoms with Gasteiger partial charge in [-0.3, -0.25) is 9.48 Å². The van der Waals surface area contributed by atoms with Crippen molar-refractivity contribution < 1.29 is 9.90 Å². The minimum absolute atomic E-state index is 0.278. The van der Waals surface area contributed by atoms with Crippen molar-refractivity contribution >= 4 is 5.97 Å². The Hall–Kier alpha value is -1.32. The third-order valence-electron chi connectivity index (χ3n) is 2.05. The number of nitrogens with zero attached hydrogens (tertiary/aromatic N) is 2. The summed E-state index contributed by atoms with van der Waals surface area (Å²) in [4.78, 5) is 10.5. The van der Waals surface area contributed by atoms with E-state index in [4.69, 9.17) is 5.11 Å². The lowest BCUT2D eigenvalue weighted by atomic mass is 10.0. The molecule has 0 aliphatic carbocycles. The van der Waals surface area contributed by atoms with Crippen molar-refractivity contribution in [1.29, 1.82) is 0 Å². The summed E-state index contributed by atoms with van der Waals surface area (Å²) in [7, 11) is 1.85. The summed E-state index contributed by atoms with van der Waals surface area (Å²) < 4.78 is 1.72. The third-order valence-corrected chi connectivity index (χ3v) is 2.05. The van der Waals surface area contributed by atoms with Gasteiger partial charge in [-0.15, -0.1) is 0 Å². The first-order valence-corrected chi connectivity index (χ1v) is 4.30. The number of rotatable bonds is 4. The van der Waals surface area contributed by atoms with Gasteiger partial charge in [-0.05, 0) is 18.4 Å². The van der Waals surface area contributed by atoms with Gasteiger partial charge in [-0.2, -0.15) is 5.10 Å². The van der Waals surface area contributed by atoms with E-state index in [0.717, 1.165) is 12.0 Å². The zero-order valence-electron chi connectivity index (χ0n) is 7.90. The first kappa shape index (κ1) is 9.77. The number of carboxylic acids is 1. The van der Waals surface area contributed by atoms with Crippen LogP contribution < -0.4 is 0 Å². The molecule has 0 spiro atoms. The number of aliphatic carboxylic acids is 1. The van der Waals surface area contributed by atoms with Crippen LogP contribution in [0, 0.1) is 5.92 Å². The smallest absolute Gasteiger partial charge is 0.306 e. The van der Waals surface area contributed by atoms with Crippen LogP contribution in [0.1, 0.15) is 18.9 Å². The maximum absolute atomic E-state index is 10.5. The molecule has 0 saturated carbocycles. The molecule has 0 fully saturated rings. The SMILES string of the molecule is CC(CCc1cnn(C)c1)C(=O)O. The predicted octanol–water partition coefficient (Wildman–Crippen LogP) is 1.07. The predicted molar refractivity (Wildman–Crippen MR) is 48.3 cm³/mol. The molecule has 0 aliphatic heterocycles. The Morgan fingerprint density at radius 1 is 1.77 bits per heavy atom. The minimum Gasteiger partial charge on any atom is -0.481 e. The van der Waals surface area contributed by atoms with Crippen LogP contribution in [0.15, 0.2) is 12.4 Å². The Morgan fingerprint density at radius 3 is 2.92 bits per heavy atom. The molecule has 1 rings (SSSR count). The van der Waals surface area contributed by atoms with Crippen molar-refractivity contribution in [1.82, 2.24) is 9.78 Å². The number of carbonyl (C=O) groups is 1. The van der Waals surface area contributed by atoms with E-state index in [9.17, 15) is 4.79 Å². The van der Waals surface area contributed by atoms with Gasteiger partial charge in [0.2, 0.25) is 0 Å². The van der Waals surface area contributed by atoms with Gasteiger partial charge < -0.3 is 5.11 Å². The molecule has 0 bridgehead atoms. The Bertz CT molecular complexity index is 294. The van der Waals surface area contributed by atoms with Gasteiger partial charge in [0, 0.05) is 13.2 Å². The highest BCUT2D eigenvalue weighted by Crippen LogP contribution is 2.08. The lowest BCUT2D eigenvalue weighted by molar-refractivity contribution is -0.141. The second-order valence-electron chi connectivity index (χ2n) is 3.30. The quantitative estimate of drug-likeness (QED) is 0.757. The highest BCUT2D eigenvalue weighted by Gasteiger charge is 2.10. The van der Waals surface area contributed by atoms with Crippen LogP contribution in [0.5, 0.6) is 0 Å². The first-order valence-electron chi connectivity index (χ1n) is 4.30. The number of hydrogen-bond donors (Lipinski definition) is 1. The van der Waals surface area contributed by atoms with Crippen molar-refractivity contribution in [2.24, 2.45) is 13.0 Å². The van der Waals surface area contributed by atoms with Crippen LogP contribution >= 0.6 is 0 Å². The molecule has 0 radical (unpaired) electrons. The number of carboxylic acid groups (broad SMARTS) is 1. The summed E-state index contributed by atoms with van der Waals surface area (Å²) in [6.45, 7) is 1.72. The summed E-state index contributed by atoms with van der Waals surface area (Å²) >= 11 is 0. The maximum Gasteiger partial charge on any atom is 0.306 e. The molecule has 1 atom stereocenters. The van der Waals surface area contributed by atoms with Crippen molar-refractivity contribution in [3.8, 4) is 0 Å². The van der Waals surface area contributed by atoms with Crippen LogP contribution in [0.25, 0.3) is 0 Å². The Morgan fingerprint density at radius 2 is 2.46 bits per heavy atom. The van der Waals surface area contributed by atoms with E-state index in [-0.39, 0.29) is 5.92 Å². The molecule has 72 valence electrons. The fourth-order valence-corrected chi connectivity index (χ4v) is 1.11. The largest absolute Gasteiger partial charge is 0.481 e. The summed E-state index contributed by atoms with van der Waals surface area (Å²) in [5.74, 6) is -1.01. The van der Waals surface area contributed by atoms with E-state index < -0.39 is 5.97 Å². The van der Waals surface area contributed by atoms with Gasteiger partial charge in [-0.1, -0.05) is 6.92 Å². The van der Waals surface area contributed by atoms with E-state index in [1.54, 1.807) is 17.8 Å². The van der Waals surface area contributed by atoms with Gasteiger partial charge in [-0.25, -0.2) is 0 Å². The summed E-state index contributed by atoms with van der Waals surface area (Å²) in [5.41, 5.74) is 1.09. The van der Waals surface area contributed by atoms with E-state index >= 15 is 0 Å². The minimum atomic E-state index is -0.733. The zero-order valence-corrected chi connectivity index (χ0v) is 7.90. The van der Waals surface area contributed by atoms with E-state index in [2.05, 4.69) is 5.10 Å².